The lowest BCUT2D eigenvalue weighted by Gasteiger charge is -2.17. The van der Waals surface area contributed by atoms with Gasteiger partial charge in [-0.15, -0.1) is 0 Å². The second kappa shape index (κ2) is 6.72. The average Bonchev–Trinajstić information content (AvgIpc) is 2.42. The largest absolute Gasteiger partial charge is 0.435 e. The molecule has 0 radical (unpaired) electrons. The summed E-state index contributed by atoms with van der Waals surface area (Å²) >= 11 is 5.69. The summed E-state index contributed by atoms with van der Waals surface area (Å²) in [6.45, 7) is -1.02. The van der Waals surface area contributed by atoms with Crippen molar-refractivity contribution in [2.75, 3.05) is 5.32 Å². The molecule has 112 valence electrons. The van der Waals surface area contributed by atoms with Crippen molar-refractivity contribution in [1.29, 1.82) is 0 Å². The van der Waals surface area contributed by atoms with Crippen molar-refractivity contribution in [3.05, 3.63) is 58.9 Å². The van der Waals surface area contributed by atoms with E-state index in [-0.39, 0.29) is 11.8 Å². The van der Waals surface area contributed by atoms with Crippen molar-refractivity contribution in [1.82, 2.24) is 0 Å². The zero-order valence-corrected chi connectivity index (χ0v) is 11.9. The molecule has 0 bridgehead atoms. The minimum atomic E-state index is -2.85. The first kappa shape index (κ1) is 15.5. The number of halogens is 4. The van der Waals surface area contributed by atoms with Gasteiger partial charge in [0.15, 0.2) is 0 Å². The molecular weight excluding hydrogens is 303 g/mol. The van der Waals surface area contributed by atoms with Gasteiger partial charge >= 0.3 is 6.61 Å². The van der Waals surface area contributed by atoms with Crippen LogP contribution in [-0.4, -0.2) is 6.61 Å². The molecule has 2 aromatic carbocycles. The van der Waals surface area contributed by atoms with Crippen LogP contribution in [0, 0.1) is 5.82 Å². The van der Waals surface area contributed by atoms with Crippen molar-refractivity contribution >= 4 is 17.3 Å². The van der Waals surface area contributed by atoms with Crippen molar-refractivity contribution < 1.29 is 17.9 Å². The zero-order valence-electron chi connectivity index (χ0n) is 11.1. The predicted molar refractivity (Wildman–Crippen MR) is 76.5 cm³/mol. The highest BCUT2D eigenvalue weighted by molar-refractivity contribution is 6.30. The van der Waals surface area contributed by atoms with Crippen LogP contribution in [0.4, 0.5) is 18.9 Å². The maximum atomic E-state index is 13.7. The van der Waals surface area contributed by atoms with Crippen LogP contribution in [0.25, 0.3) is 0 Å². The van der Waals surface area contributed by atoms with Gasteiger partial charge in [0.05, 0.1) is 5.69 Å². The van der Waals surface area contributed by atoms with Crippen LogP contribution in [0.5, 0.6) is 5.75 Å². The monoisotopic (exact) mass is 315 g/mol. The first-order valence-electron chi connectivity index (χ1n) is 6.22. The van der Waals surface area contributed by atoms with Gasteiger partial charge in [-0.25, -0.2) is 4.39 Å². The Labute approximate surface area is 125 Å². The predicted octanol–water partition coefficient (Wildman–Crippen LogP) is 5.25. The molecule has 0 heterocycles. The molecule has 1 N–H and O–H groups in total. The van der Waals surface area contributed by atoms with E-state index in [0.717, 1.165) is 5.56 Å². The normalized spacial score (nSPS) is 12.3. The highest BCUT2D eigenvalue weighted by Crippen LogP contribution is 2.25. The number of nitrogens with one attached hydrogen (secondary N) is 1. The quantitative estimate of drug-likeness (QED) is 0.813. The Kier molecular flexibility index (Phi) is 4.96. The second-order valence-electron chi connectivity index (χ2n) is 4.44. The molecule has 2 rings (SSSR count). The molecule has 2 aromatic rings. The van der Waals surface area contributed by atoms with Gasteiger partial charge in [-0.2, -0.15) is 8.78 Å². The summed E-state index contributed by atoms with van der Waals surface area (Å²) < 4.78 is 42.1. The third kappa shape index (κ3) is 4.29. The van der Waals surface area contributed by atoms with Crippen molar-refractivity contribution in [2.24, 2.45) is 0 Å². The molecule has 0 fully saturated rings. The Morgan fingerprint density at radius 3 is 2.33 bits per heavy atom. The Balaban J connectivity index is 2.07. The van der Waals surface area contributed by atoms with Crippen molar-refractivity contribution in [2.45, 2.75) is 19.6 Å². The summed E-state index contributed by atoms with van der Waals surface area (Å²) in [5, 5.41) is 3.31. The van der Waals surface area contributed by atoms with E-state index in [2.05, 4.69) is 10.1 Å². The smallest absolute Gasteiger partial charge is 0.387 e. The van der Waals surface area contributed by atoms with Crippen molar-refractivity contribution in [3.63, 3.8) is 0 Å². The molecule has 0 amide bonds. The minimum Gasteiger partial charge on any atom is -0.435 e. The molecule has 6 heteroatoms. The zero-order chi connectivity index (χ0) is 15.4. The van der Waals surface area contributed by atoms with Crippen LogP contribution in [0.2, 0.25) is 5.02 Å². The van der Waals surface area contributed by atoms with Gasteiger partial charge in [-0.3, -0.25) is 0 Å². The average molecular weight is 316 g/mol. The number of alkyl halides is 2. The number of rotatable bonds is 5. The van der Waals surface area contributed by atoms with Gasteiger partial charge < -0.3 is 10.1 Å². The molecule has 1 unspecified atom stereocenters. The first-order chi connectivity index (χ1) is 9.95. The summed E-state index contributed by atoms with van der Waals surface area (Å²) in [4.78, 5) is 0. The Morgan fingerprint density at radius 2 is 1.76 bits per heavy atom. The number of ether oxygens (including phenoxy) is 1. The fourth-order valence-corrected chi connectivity index (χ4v) is 2.02. The fourth-order valence-electron chi connectivity index (χ4n) is 1.86. The van der Waals surface area contributed by atoms with Gasteiger partial charge in [0.25, 0.3) is 0 Å². The molecule has 21 heavy (non-hydrogen) atoms. The SMILES string of the molecule is CC(Nc1ccc(Cl)cc1F)c1ccc(OC(F)F)cc1. The number of benzene rings is 2. The third-order valence-electron chi connectivity index (χ3n) is 2.91. The molecule has 2 nitrogen and oxygen atoms in total. The van der Waals surface area contributed by atoms with Crippen molar-refractivity contribution in [3.8, 4) is 5.75 Å². The number of hydrogen-bond donors (Lipinski definition) is 1. The van der Waals surface area contributed by atoms with E-state index < -0.39 is 12.4 Å². The van der Waals surface area contributed by atoms with E-state index >= 15 is 0 Å². The molecule has 0 saturated heterocycles. The molecule has 1 atom stereocenters. The van der Waals surface area contributed by atoms with E-state index in [0.29, 0.717) is 10.7 Å². The summed E-state index contributed by atoms with van der Waals surface area (Å²) in [5.74, 6) is -0.370. The number of anilines is 1. The lowest BCUT2D eigenvalue weighted by Crippen LogP contribution is -2.08. The Morgan fingerprint density at radius 1 is 1.10 bits per heavy atom. The molecule has 0 saturated carbocycles. The Bertz CT molecular complexity index is 604. The van der Waals surface area contributed by atoms with Crippen LogP contribution < -0.4 is 10.1 Å². The molecule has 0 aromatic heterocycles. The summed E-state index contributed by atoms with van der Waals surface area (Å²) in [7, 11) is 0. The topological polar surface area (TPSA) is 21.3 Å². The summed E-state index contributed by atoms with van der Waals surface area (Å²) in [5.41, 5.74) is 1.13. The van der Waals surface area contributed by atoms with Crippen LogP contribution in [0.1, 0.15) is 18.5 Å². The molecule has 0 aliphatic heterocycles. The van der Waals surface area contributed by atoms with Gasteiger partial charge in [-0.1, -0.05) is 23.7 Å². The molecule has 0 aliphatic rings. The second-order valence-corrected chi connectivity index (χ2v) is 4.87. The third-order valence-corrected chi connectivity index (χ3v) is 3.14. The van der Waals surface area contributed by atoms with E-state index in [1.807, 2.05) is 6.92 Å². The maximum Gasteiger partial charge on any atom is 0.387 e. The summed E-state index contributed by atoms with van der Waals surface area (Å²) in [6, 6.07) is 10.3. The maximum absolute atomic E-state index is 13.7. The van der Waals surface area contributed by atoms with Gasteiger partial charge in [0.1, 0.15) is 11.6 Å². The minimum absolute atomic E-state index is 0.0821. The van der Waals surface area contributed by atoms with E-state index in [9.17, 15) is 13.2 Å². The van der Waals surface area contributed by atoms with Gasteiger partial charge in [-0.05, 0) is 42.8 Å². The lowest BCUT2D eigenvalue weighted by atomic mass is 10.1. The van der Waals surface area contributed by atoms with Crippen LogP contribution in [0.3, 0.4) is 0 Å². The van der Waals surface area contributed by atoms with Crippen LogP contribution in [0.15, 0.2) is 42.5 Å². The van der Waals surface area contributed by atoms with E-state index in [1.165, 1.54) is 18.2 Å². The summed E-state index contributed by atoms with van der Waals surface area (Å²) in [6.07, 6.45) is 0. The highest BCUT2D eigenvalue weighted by atomic mass is 35.5. The standard InChI is InChI=1S/C15H13ClF3NO/c1-9(20-14-7-4-11(16)8-13(14)17)10-2-5-12(6-3-10)21-15(18)19/h2-9,15,20H,1H3. The van der Waals surface area contributed by atoms with Crippen LogP contribution >= 0.6 is 11.6 Å². The van der Waals surface area contributed by atoms with Crippen LogP contribution in [-0.2, 0) is 0 Å². The fraction of sp³-hybridized carbons (Fsp3) is 0.200. The Hall–Kier alpha value is -1.88. The first-order valence-corrected chi connectivity index (χ1v) is 6.60. The molecular formula is C15H13ClF3NO. The van der Waals surface area contributed by atoms with Gasteiger partial charge in [0.2, 0.25) is 0 Å². The van der Waals surface area contributed by atoms with E-state index in [4.69, 9.17) is 11.6 Å². The molecule has 0 spiro atoms. The lowest BCUT2D eigenvalue weighted by molar-refractivity contribution is -0.0498. The van der Waals surface area contributed by atoms with Gasteiger partial charge in [0, 0.05) is 11.1 Å². The highest BCUT2D eigenvalue weighted by Gasteiger charge is 2.10. The molecule has 0 aliphatic carbocycles. The van der Waals surface area contributed by atoms with E-state index in [1.54, 1.807) is 24.3 Å². The number of hydrogen-bond acceptors (Lipinski definition) is 2.